The van der Waals surface area contributed by atoms with Gasteiger partial charge in [0.15, 0.2) is 0 Å². The fourth-order valence-electron chi connectivity index (χ4n) is 4.91. The molecular formula is C28H46O4. The van der Waals surface area contributed by atoms with E-state index < -0.39 is 17.4 Å². The maximum atomic E-state index is 12.5. The van der Waals surface area contributed by atoms with Crippen molar-refractivity contribution in [3.63, 3.8) is 0 Å². The third-order valence-electron chi connectivity index (χ3n) is 7.48. The average molecular weight is 447 g/mol. The molecule has 0 heterocycles. The van der Waals surface area contributed by atoms with Crippen molar-refractivity contribution in [3.8, 4) is 0 Å². The second kappa shape index (κ2) is 11.9. The first kappa shape index (κ1) is 28.2. The minimum atomic E-state index is -1.17. The number of carbonyl (C=O) groups is 2. The lowest BCUT2D eigenvalue weighted by molar-refractivity contribution is 0.0648. The van der Waals surface area contributed by atoms with Gasteiger partial charge in [0.25, 0.3) is 0 Å². The molecule has 0 amide bonds. The molecule has 0 bridgehead atoms. The summed E-state index contributed by atoms with van der Waals surface area (Å²) in [5.74, 6) is -1.11. The molecule has 2 N–H and O–H groups in total. The summed E-state index contributed by atoms with van der Waals surface area (Å²) >= 11 is 0. The lowest BCUT2D eigenvalue weighted by Crippen LogP contribution is -2.33. The molecule has 2 unspecified atom stereocenters. The molecule has 1 aromatic rings. The predicted molar refractivity (Wildman–Crippen MR) is 133 cm³/mol. The molecule has 0 aliphatic heterocycles. The van der Waals surface area contributed by atoms with Crippen LogP contribution in [-0.2, 0) is 10.8 Å². The SMILES string of the molecule is CCC(C)(CCCC(C)C)c1ccc(C(=O)O)c(C(=O)O)c1C(C)(CC)CCCC(C)C. The first-order valence-corrected chi connectivity index (χ1v) is 12.5. The Balaban J connectivity index is 3.78. The maximum absolute atomic E-state index is 12.5. The Morgan fingerprint density at radius 2 is 1.28 bits per heavy atom. The van der Waals surface area contributed by atoms with Gasteiger partial charge in [-0.25, -0.2) is 9.59 Å². The van der Waals surface area contributed by atoms with Crippen LogP contribution in [0.2, 0.25) is 0 Å². The van der Waals surface area contributed by atoms with E-state index in [1.807, 2.05) is 6.07 Å². The van der Waals surface area contributed by atoms with E-state index in [2.05, 4.69) is 55.4 Å². The summed E-state index contributed by atoms with van der Waals surface area (Å²) in [5, 5.41) is 20.0. The molecule has 2 atom stereocenters. The minimum Gasteiger partial charge on any atom is -0.478 e. The van der Waals surface area contributed by atoms with Gasteiger partial charge < -0.3 is 10.2 Å². The van der Waals surface area contributed by atoms with E-state index in [4.69, 9.17) is 0 Å². The highest BCUT2D eigenvalue weighted by Crippen LogP contribution is 2.45. The number of benzene rings is 1. The smallest absolute Gasteiger partial charge is 0.336 e. The highest BCUT2D eigenvalue weighted by Gasteiger charge is 2.39. The monoisotopic (exact) mass is 446 g/mol. The van der Waals surface area contributed by atoms with Crippen LogP contribution in [0.5, 0.6) is 0 Å². The summed E-state index contributed by atoms with van der Waals surface area (Å²) in [7, 11) is 0. The Bertz CT molecular complexity index is 780. The van der Waals surface area contributed by atoms with E-state index in [1.165, 1.54) is 6.07 Å². The number of carboxylic acid groups (broad SMARTS) is 2. The number of hydrogen-bond acceptors (Lipinski definition) is 2. The van der Waals surface area contributed by atoms with E-state index in [0.29, 0.717) is 11.8 Å². The number of rotatable bonds is 14. The highest BCUT2D eigenvalue weighted by atomic mass is 16.4. The first-order chi connectivity index (χ1) is 14.8. The lowest BCUT2D eigenvalue weighted by Gasteiger charge is -2.39. The van der Waals surface area contributed by atoms with Crippen molar-refractivity contribution in [2.45, 2.75) is 118 Å². The molecule has 0 fully saturated rings. The first-order valence-electron chi connectivity index (χ1n) is 12.5. The van der Waals surface area contributed by atoms with Crippen molar-refractivity contribution in [2.24, 2.45) is 11.8 Å². The summed E-state index contributed by atoms with van der Waals surface area (Å²) in [4.78, 5) is 24.5. The van der Waals surface area contributed by atoms with Gasteiger partial charge in [0.2, 0.25) is 0 Å². The molecular weight excluding hydrogens is 400 g/mol. The zero-order valence-corrected chi connectivity index (χ0v) is 21.7. The largest absolute Gasteiger partial charge is 0.478 e. The fraction of sp³-hybridized carbons (Fsp3) is 0.714. The number of aromatic carboxylic acids is 2. The molecule has 0 aliphatic rings. The van der Waals surface area contributed by atoms with E-state index in [0.717, 1.165) is 62.5 Å². The van der Waals surface area contributed by atoms with Gasteiger partial charge in [-0.2, -0.15) is 0 Å². The zero-order chi connectivity index (χ0) is 24.7. The zero-order valence-electron chi connectivity index (χ0n) is 21.7. The molecule has 0 saturated heterocycles. The van der Waals surface area contributed by atoms with Crippen molar-refractivity contribution in [2.75, 3.05) is 0 Å². The molecule has 1 aromatic carbocycles. The van der Waals surface area contributed by atoms with Crippen molar-refractivity contribution < 1.29 is 19.8 Å². The summed E-state index contributed by atoms with van der Waals surface area (Å²) in [6.07, 6.45) is 7.74. The van der Waals surface area contributed by atoms with Crippen molar-refractivity contribution in [1.29, 1.82) is 0 Å². The standard InChI is InChI=1S/C28H46O4/c1-9-27(7,17-11-13-19(3)4)22-16-15-21(25(29)30)23(26(31)32)24(22)28(8,10-2)18-12-14-20(5)6/h15-16,19-20H,9-14,17-18H2,1-8H3,(H,29,30)(H,31,32). The van der Waals surface area contributed by atoms with Crippen LogP contribution in [-0.4, -0.2) is 22.2 Å². The molecule has 0 aliphatic carbocycles. The molecule has 0 spiro atoms. The van der Waals surface area contributed by atoms with Gasteiger partial charge in [-0.15, -0.1) is 0 Å². The third-order valence-corrected chi connectivity index (χ3v) is 7.48. The van der Waals surface area contributed by atoms with E-state index in [-0.39, 0.29) is 16.5 Å². The van der Waals surface area contributed by atoms with Crippen LogP contribution in [0.1, 0.15) is 139 Å². The highest BCUT2D eigenvalue weighted by molar-refractivity contribution is 6.03. The number of hydrogen-bond donors (Lipinski definition) is 2. The van der Waals surface area contributed by atoms with Crippen LogP contribution >= 0.6 is 0 Å². The summed E-state index contributed by atoms with van der Waals surface area (Å²) < 4.78 is 0. The van der Waals surface area contributed by atoms with Crippen LogP contribution in [0.25, 0.3) is 0 Å². The molecule has 32 heavy (non-hydrogen) atoms. The quantitative estimate of drug-likeness (QED) is 0.303. The van der Waals surface area contributed by atoms with Crippen LogP contribution < -0.4 is 0 Å². The Morgan fingerprint density at radius 3 is 1.66 bits per heavy atom. The predicted octanol–water partition coefficient (Wildman–Crippen LogP) is 8.07. The van der Waals surface area contributed by atoms with Crippen LogP contribution in [0.15, 0.2) is 12.1 Å². The second-order valence-electron chi connectivity index (χ2n) is 10.9. The molecule has 4 heteroatoms. The summed E-state index contributed by atoms with van der Waals surface area (Å²) in [5.41, 5.74) is 1.09. The van der Waals surface area contributed by atoms with Gasteiger partial charge in [-0.05, 0) is 65.5 Å². The topological polar surface area (TPSA) is 74.6 Å². The van der Waals surface area contributed by atoms with Crippen LogP contribution in [0.4, 0.5) is 0 Å². The Kier molecular flexibility index (Phi) is 10.4. The summed E-state index contributed by atoms with van der Waals surface area (Å²) in [6, 6.07) is 3.44. The molecule has 0 radical (unpaired) electrons. The fourth-order valence-corrected chi connectivity index (χ4v) is 4.91. The molecule has 182 valence electrons. The van der Waals surface area contributed by atoms with Crippen molar-refractivity contribution in [3.05, 3.63) is 34.4 Å². The Hall–Kier alpha value is -1.84. The van der Waals surface area contributed by atoms with E-state index >= 15 is 0 Å². The van der Waals surface area contributed by atoms with Crippen molar-refractivity contribution >= 4 is 11.9 Å². The normalized spacial score (nSPS) is 15.6. The van der Waals surface area contributed by atoms with Gasteiger partial charge in [0, 0.05) is 0 Å². The van der Waals surface area contributed by atoms with Gasteiger partial charge in [-0.1, -0.05) is 87.1 Å². The van der Waals surface area contributed by atoms with E-state index in [1.54, 1.807) is 0 Å². The molecule has 0 saturated carbocycles. The van der Waals surface area contributed by atoms with Gasteiger partial charge in [-0.3, -0.25) is 0 Å². The third kappa shape index (κ3) is 6.83. The minimum absolute atomic E-state index is 0.00701. The van der Waals surface area contributed by atoms with Gasteiger partial charge in [0.1, 0.15) is 0 Å². The number of carboxylic acids is 2. The lowest BCUT2D eigenvalue weighted by atomic mass is 9.64. The molecule has 0 aromatic heterocycles. The van der Waals surface area contributed by atoms with Crippen LogP contribution in [0.3, 0.4) is 0 Å². The van der Waals surface area contributed by atoms with Crippen LogP contribution in [0, 0.1) is 11.8 Å². The second-order valence-corrected chi connectivity index (χ2v) is 10.9. The summed E-state index contributed by atoms with van der Waals surface area (Å²) in [6.45, 7) is 17.5. The Labute approximate surface area is 195 Å². The van der Waals surface area contributed by atoms with Crippen molar-refractivity contribution in [1.82, 2.24) is 0 Å². The van der Waals surface area contributed by atoms with Gasteiger partial charge >= 0.3 is 11.9 Å². The van der Waals surface area contributed by atoms with Gasteiger partial charge in [0.05, 0.1) is 11.1 Å². The molecule has 1 rings (SSSR count). The average Bonchev–Trinajstić information content (AvgIpc) is 2.71. The maximum Gasteiger partial charge on any atom is 0.336 e. The molecule has 4 nitrogen and oxygen atoms in total. The van der Waals surface area contributed by atoms with E-state index in [9.17, 15) is 19.8 Å². The Morgan fingerprint density at radius 1 is 0.812 bits per heavy atom.